The molecule has 1 aromatic heterocycles. The summed E-state index contributed by atoms with van der Waals surface area (Å²) in [4.78, 5) is 50.9. The van der Waals surface area contributed by atoms with Crippen molar-refractivity contribution in [2.24, 2.45) is 0 Å². The van der Waals surface area contributed by atoms with Crippen LogP contribution in [-0.4, -0.2) is 61.1 Å². The fourth-order valence-electron chi connectivity index (χ4n) is 3.63. The lowest BCUT2D eigenvalue weighted by Gasteiger charge is -2.23. The second kappa shape index (κ2) is 11.2. The van der Waals surface area contributed by atoms with Crippen molar-refractivity contribution in [3.8, 4) is 0 Å². The highest BCUT2D eigenvalue weighted by Gasteiger charge is 2.35. The van der Waals surface area contributed by atoms with Gasteiger partial charge >= 0.3 is 12.2 Å². The Morgan fingerprint density at radius 1 is 0.730 bits per heavy atom. The summed E-state index contributed by atoms with van der Waals surface area (Å²) >= 11 is 1.23. The number of nitrogens with one attached hydrogen (secondary N) is 4. The second-order valence-corrected chi connectivity index (χ2v) is 11.4. The molecule has 0 spiro atoms. The standard InChI is InChI=1S/C26H34N4O6S/c1-25(2,3)35-23(33)29-12-10-27-16-7-8-17(28-11-13-30-24(34)36-26(4,5)6)19-18(16)20(31)15-9-14-37-22(15)21(19)32/h7-9,14,27-28H,10-13H2,1-6H3,(H,29,33)(H,30,34). The van der Waals surface area contributed by atoms with Gasteiger partial charge in [-0.15, -0.1) is 11.3 Å². The minimum atomic E-state index is -0.604. The van der Waals surface area contributed by atoms with Crippen molar-refractivity contribution in [1.82, 2.24) is 10.6 Å². The molecule has 0 aliphatic heterocycles. The molecule has 0 saturated carbocycles. The Labute approximate surface area is 220 Å². The van der Waals surface area contributed by atoms with Crippen LogP contribution in [0.15, 0.2) is 23.6 Å². The Balaban J connectivity index is 1.72. The van der Waals surface area contributed by atoms with Crippen molar-refractivity contribution < 1.29 is 28.7 Å². The van der Waals surface area contributed by atoms with Gasteiger partial charge in [0.25, 0.3) is 0 Å². The van der Waals surface area contributed by atoms with E-state index < -0.39 is 23.4 Å². The van der Waals surface area contributed by atoms with Gasteiger partial charge in [0.05, 0.1) is 16.0 Å². The van der Waals surface area contributed by atoms with Crippen LogP contribution in [-0.2, 0) is 9.47 Å². The summed E-state index contributed by atoms with van der Waals surface area (Å²) in [5, 5.41) is 13.4. The van der Waals surface area contributed by atoms with Gasteiger partial charge < -0.3 is 30.7 Å². The molecular formula is C26H34N4O6S. The zero-order chi connectivity index (χ0) is 27.4. The predicted octanol–water partition coefficient (Wildman–Crippen LogP) is 4.40. The number of anilines is 2. The first-order valence-corrected chi connectivity index (χ1v) is 12.9. The number of amides is 2. The van der Waals surface area contributed by atoms with Gasteiger partial charge in [-0.2, -0.15) is 0 Å². The zero-order valence-corrected chi connectivity index (χ0v) is 22.8. The molecule has 1 heterocycles. The third kappa shape index (κ3) is 7.45. The van der Waals surface area contributed by atoms with Gasteiger partial charge in [-0.25, -0.2) is 9.59 Å². The fourth-order valence-corrected chi connectivity index (χ4v) is 4.47. The number of rotatable bonds is 8. The monoisotopic (exact) mass is 530 g/mol. The van der Waals surface area contributed by atoms with Crippen LogP contribution in [0.5, 0.6) is 0 Å². The van der Waals surface area contributed by atoms with Crippen molar-refractivity contribution in [3.63, 3.8) is 0 Å². The first kappa shape index (κ1) is 28.0. The Morgan fingerprint density at radius 2 is 1.19 bits per heavy atom. The summed E-state index contributed by atoms with van der Waals surface area (Å²) in [5.41, 5.74) is 0.714. The van der Waals surface area contributed by atoms with E-state index in [1.807, 2.05) is 0 Å². The summed E-state index contributed by atoms with van der Waals surface area (Å²) in [5.74, 6) is -0.485. The van der Waals surface area contributed by atoms with E-state index >= 15 is 0 Å². The Morgan fingerprint density at radius 3 is 1.65 bits per heavy atom. The molecular weight excluding hydrogens is 496 g/mol. The number of carbonyl (C=O) groups excluding carboxylic acids is 4. The van der Waals surface area contributed by atoms with Gasteiger partial charge in [0, 0.05) is 43.1 Å². The van der Waals surface area contributed by atoms with Crippen LogP contribution in [0.2, 0.25) is 0 Å². The van der Waals surface area contributed by atoms with Crippen LogP contribution >= 0.6 is 11.3 Å². The third-order valence-corrected chi connectivity index (χ3v) is 5.91. The highest BCUT2D eigenvalue weighted by atomic mass is 32.1. The maximum Gasteiger partial charge on any atom is 0.407 e. The van der Waals surface area contributed by atoms with Crippen LogP contribution in [0.25, 0.3) is 0 Å². The Hall–Kier alpha value is -3.60. The van der Waals surface area contributed by atoms with E-state index in [2.05, 4.69) is 21.3 Å². The van der Waals surface area contributed by atoms with Crippen molar-refractivity contribution in [2.45, 2.75) is 52.7 Å². The van der Waals surface area contributed by atoms with E-state index in [9.17, 15) is 19.2 Å². The summed E-state index contributed by atoms with van der Waals surface area (Å²) in [6.45, 7) is 11.8. The number of thiophene rings is 1. The van der Waals surface area contributed by atoms with E-state index in [1.54, 1.807) is 65.1 Å². The van der Waals surface area contributed by atoms with Crippen LogP contribution in [0.1, 0.15) is 72.7 Å². The molecule has 2 amide bonds. The number of ether oxygens (including phenoxy) is 2. The molecule has 0 saturated heterocycles. The lowest BCUT2D eigenvalue weighted by atomic mass is 9.86. The number of hydrogen-bond donors (Lipinski definition) is 4. The van der Waals surface area contributed by atoms with Crippen molar-refractivity contribution in [1.29, 1.82) is 0 Å². The van der Waals surface area contributed by atoms with Gasteiger partial charge in [0.2, 0.25) is 5.78 Å². The molecule has 0 bridgehead atoms. The molecule has 10 nitrogen and oxygen atoms in total. The predicted molar refractivity (Wildman–Crippen MR) is 143 cm³/mol. The van der Waals surface area contributed by atoms with Crippen molar-refractivity contribution >= 4 is 46.5 Å². The lowest BCUT2D eigenvalue weighted by Crippen LogP contribution is -2.35. The van der Waals surface area contributed by atoms with E-state index in [-0.39, 0.29) is 35.8 Å². The minimum absolute atomic E-state index is 0.238. The fraction of sp³-hybridized carbons (Fsp3) is 0.462. The molecule has 0 radical (unpaired) electrons. The van der Waals surface area contributed by atoms with Crippen LogP contribution in [0.4, 0.5) is 21.0 Å². The van der Waals surface area contributed by atoms with Gasteiger partial charge in [0.1, 0.15) is 11.2 Å². The molecule has 3 rings (SSSR count). The smallest absolute Gasteiger partial charge is 0.407 e. The van der Waals surface area contributed by atoms with Gasteiger partial charge in [-0.1, -0.05) is 0 Å². The maximum absolute atomic E-state index is 13.4. The SMILES string of the molecule is CC(C)(C)OC(=O)NCCNc1ccc(NCCNC(=O)OC(C)(C)C)c2c1C(=O)c1ccsc1C2=O. The van der Waals surface area contributed by atoms with Gasteiger partial charge in [-0.05, 0) is 65.1 Å². The summed E-state index contributed by atoms with van der Waals surface area (Å²) < 4.78 is 10.5. The van der Waals surface area contributed by atoms with E-state index in [0.717, 1.165) is 0 Å². The quantitative estimate of drug-likeness (QED) is 0.315. The summed E-state index contributed by atoms with van der Waals surface area (Å²) in [6.07, 6.45) is -1.07. The number of ketones is 2. The minimum Gasteiger partial charge on any atom is -0.444 e. The highest BCUT2D eigenvalue weighted by molar-refractivity contribution is 7.12. The first-order chi connectivity index (χ1) is 17.3. The first-order valence-electron chi connectivity index (χ1n) is 12.0. The normalized spacial score (nSPS) is 12.8. The Kier molecular flexibility index (Phi) is 8.47. The molecule has 1 aliphatic carbocycles. The molecule has 0 atom stereocenters. The number of fused-ring (bicyclic) bond motifs is 2. The molecule has 1 aromatic carbocycles. The molecule has 200 valence electrons. The van der Waals surface area contributed by atoms with Crippen molar-refractivity contribution in [2.75, 3.05) is 36.8 Å². The maximum atomic E-state index is 13.4. The second-order valence-electron chi connectivity index (χ2n) is 10.4. The Bertz CT molecular complexity index is 1100. The molecule has 37 heavy (non-hydrogen) atoms. The summed E-state index contributed by atoms with van der Waals surface area (Å²) in [6, 6.07) is 5.10. The molecule has 4 N–H and O–H groups in total. The van der Waals surface area contributed by atoms with Crippen LogP contribution in [0, 0.1) is 0 Å². The third-order valence-electron chi connectivity index (χ3n) is 4.99. The number of benzene rings is 1. The average Bonchev–Trinajstić information content (AvgIpc) is 3.26. The number of hydrogen-bond acceptors (Lipinski definition) is 9. The number of alkyl carbamates (subject to hydrolysis) is 2. The van der Waals surface area contributed by atoms with Crippen LogP contribution < -0.4 is 21.3 Å². The molecule has 1 aliphatic rings. The molecule has 0 unspecified atom stereocenters. The summed E-state index contributed by atoms with van der Waals surface area (Å²) in [7, 11) is 0. The van der Waals surface area contributed by atoms with E-state index in [0.29, 0.717) is 34.9 Å². The van der Waals surface area contributed by atoms with Crippen molar-refractivity contribution in [3.05, 3.63) is 45.1 Å². The van der Waals surface area contributed by atoms with Gasteiger partial charge in [-0.3, -0.25) is 9.59 Å². The zero-order valence-electron chi connectivity index (χ0n) is 22.0. The average molecular weight is 531 g/mol. The van der Waals surface area contributed by atoms with E-state index in [1.165, 1.54) is 11.3 Å². The van der Waals surface area contributed by atoms with Crippen LogP contribution in [0.3, 0.4) is 0 Å². The topological polar surface area (TPSA) is 135 Å². The molecule has 0 fully saturated rings. The van der Waals surface area contributed by atoms with Gasteiger partial charge in [0.15, 0.2) is 5.78 Å². The largest absolute Gasteiger partial charge is 0.444 e. The van der Waals surface area contributed by atoms with E-state index in [4.69, 9.17) is 9.47 Å². The highest BCUT2D eigenvalue weighted by Crippen LogP contribution is 2.38. The number of carbonyl (C=O) groups is 4. The lowest BCUT2D eigenvalue weighted by molar-refractivity contribution is 0.0518. The molecule has 11 heteroatoms. The molecule has 2 aromatic rings.